The van der Waals surface area contributed by atoms with Gasteiger partial charge in [-0.15, -0.1) is 10.2 Å². The van der Waals surface area contributed by atoms with Crippen molar-refractivity contribution >= 4 is 23.6 Å². The highest BCUT2D eigenvalue weighted by Crippen LogP contribution is 2.31. The first-order valence-electron chi connectivity index (χ1n) is 12.0. The van der Waals surface area contributed by atoms with E-state index < -0.39 is 0 Å². The van der Waals surface area contributed by atoms with Crippen LogP contribution in [0.15, 0.2) is 59.8 Å². The first-order valence-corrected chi connectivity index (χ1v) is 12.9. The van der Waals surface area contributed by atoms with Crippen LogP contribution in [0.1, 0.15) is 42.5 Å². The number of rotatable bonds is 7. The molecule has 1 amide bonds. The highest BCUT2D eigenvalue weighted by atomic mass is 32.2. The van der Waals surface area contributed by atoms with E-state index >= 15 is 0 Å². The molecule has 8 heteroatoms. The van der Waals surface area contributed by atoms with Crippen LogP contribution in [-0.2, 0) is 22.5 Å². The molecule has 2 aromatic carbocycles. The van der Waals surface area contributed by atoms with E-state index in [2.05, 4.69) is 61.4 Å². The zero-order valence-electron chi connectivity index (χ0n) is 19.5. The fourth-order valence-corrected chi connectivity index (χ4v) is 5.53. The Morgan fingerprint density at radius 1 is 1.12 bits per heavy atom. The molecule has 0 unspecified atom stereocenters. The highest BCUT2D eigenvalue weighted by molar-refractivity contribution is 8.00. The first kappa shape index (κ1) is 22.9. The van der Waals surface area contributed by atoms with E-state index in [4.69, 9.17) is 4.74 Å². The number of anilines is 1. The number of hydrogen-bond donors (Lipinski definition) is 1. The van der Waals surface area contributed by atoms with Gasteiger partial charge in [0.25, 0.3) is 0 Å². The lowest BCUT2D eigenvalue weighted by Crippen LogP contribution is -2.38. The monoisotopic (exact) mass is 477 g/mol. The molecule has 2 atom stereocenters. The molecule has 1 saturated heterocycles. The Balaban J connectivity index is 1.33. The van der Waals surface area contributed by atoms with Gasteiger partial charge in [0.15, 0.2) is 5.16 Å². The number of hydrogen-bond acceptors (Lipinski definition) is 6. The molecule has 1 aliphatic carbocycles. The smallest absolute Gasteiger partial charge is 0.233 e. The molecule has 178 valence electrons. The number of aryl methyl sites for hydroxylation is 1. The molecule has 1 aromatic heterocycles. The molecule has 2 aliphatic rings. The highest BCUT2D eigenvalue weighted by Gasteiger charge is 2.27. The summed E-state index contributed by atoms with van der Waals surface area (Å²) in [6, 6.07) is 18.8. The van der Waals surface area contributed by atoms with Crippen molar-refractivity contribution in [3.63, 3.8) is 0 Å². The molecular weight excluding hydrogens is 446 g/mol. The van der Waals surface area contributed by atoms with Crippen molar-refractivity contribution in [2.24, 2.45) is 0 Å². The number of amides is 1. The topological polar surface area (TPSA) is 72.3 Å². The van der Waals surface area contributed by atoms with E-state index in [0.29, 0.717) is 19.8 Å². The Morgan fingerprint density at radius 3 is 2.71 bits per heavy atom. The molecule has 0 bridgehead atoms. The minimum atomic E-state index is -0.287. The van der Waals surface area contributed by atoms with E-state index in [1.165, 1.54) is 28.5 Å². The second-order valence-corrected chi connectivity index (χ2v) is 10.2. The Bertz CT molecular complexity index is 1110. The van der Waals surface area contributed by atoms with Gasteiger partial charge in [0.2, 0.25) is 11.9 Å². The van der Waals surface area contributed by atoms with Gasteiger partial charge < -0.3 is 15.0 Å². The van der Waals surface area contributed by atoms with Crippen molar-refractivity contribution in [3.8, 4) is 0 Å². The van der Waals surface area contributed by atoms with Gasteiger partial charge in [0, 0.05) is 13.1 Å². The van der Waals surface area contributed by atoms with E-state index in [0.717, 1.165) is 43.5 Å². The molecule has 1 N–H and O–H groups in total. The van der Waals surface area contributed by atoms with E-state index in [1.807, 2.05) is 25.1 Å². The predicted molar refractivity (Wildman–Crippen MR) is 134 cm³/mol. The van der Waals surface area contributed by atoms with Crippen LogP contribution in [0.5, 0.6) is 0 Å². The number of aromatic nitrogens is 3. The summed E-state index contributed by atoms with van der Waals surface area (Å²) in [5, 5.41) is 12.8. The Morgan fingerprint density at radius 2 is 1.88 bits per heavy atom. The maximum atomic E-state index is 13.2. The summed E-state index contributed by atoms with van der Waals surface area (Å²) in [5.41, 5.74) is 3.77. The minimum absolute atomic E-state index is 0.0360. The number of ether oxygens (including phenoxy) is 1. The Hall–Kier alpha value is -2.84. The fourth-order valence-electron chi connectivity index (χ4n) is 4.67. The van der Waals surface area contributed by atoms with Gasteiger partial charge in [-0.25, -0.2) is 0 Å². The summed E-state index contributed by atoms with van der Waals surface area (Å²) in [4.78, 5) is 15.4. The number of nitrogens with one attached hydrogen (secondary N) is 1. The lowest BCUT2D eigenvalue weighted by molar-refractivity contribution is -0.121. The van der Waals surface area contributed by atoms with Gasteiger partial charge in [0.1, 0.15) is 0 Å². The molecule has 5 rings (SSSR count). The SMILES string of the molecule is C[C@@H](Sc1nnc(N2CCOCC2)n1Cc1ccccc1)C(=O)N[C@@H]1CCCc2ccccc21. The van der Waals surface area contributed by atoms with Crippen LogP contribution in [0.25, 0.3) is 0 Å². The fraction of sp³-hybridized carbons (Fsp3) is 0.423. The molecule has 1 aliphatic heterocycles. The molecule has 0 saturated carbocycles. The Kier molecular flexibility index (Phi) is 7.16. The number of benzene rings is 2. The predicted octanol–water partition coefficient (Wildman–Crippen LogP) is 3.84. The third-order valence-electron chi connectivity index (χ3n) is 6.51. The van der Waals surface area contributed by atoms with Crippen molar-refractivity contribution in [2.45, 2.75) is 49.2 Å². The number of fused-ring (bicyclic) bond motifs is 1. The number of carbonyl (C=O) groups is 1. The number of nitrogens with zero attached hydrogens (tertiary/aromatic N) is 4. The maximum absolute atomic E-state index is 13.2. The average molecular weight is 478 g/mol. The molecule has 2 heterocycles. The first-order chi connectivity index (χ1) is 16.7. The maximum Gasteiger partial charge on any atom is 0.233 e. The van der Waals surface area contributed by atoms with Crippen molar-refractivity contribution in [3.05, 3.63) is 71.3 Å². The molecule has 7 nitrogen and oxygen atoms in total. The van der Waals surface area contributed by atoms with E-state index in [1.54, 1.807) is 0 Å². The van der Waals surface area contributed by atoms with Crippen molar-refractivity contribution in [1.29, 1.82) is 0 Å². The standard InChI is InChI=1S/C26H31N5O2S/c1-19(24(32)27-23-13-7-11-21-10-5-6-12-22(21)23)34-26-29-28-25(30-14-16-33-17-15-30)31(26)18-20-8-3-2-4-9-20/h2-6,8-10,12,19,23H,7,11,13-18H2,1H3,(H,27,32)/t19-,23-/m1/s1. The molecule has 0 spiro atoms. The quantitative estimate of drug-likeness (QED) is 0.522. The summed E-state index contributed by atoms with van der Waals surface area (Å²) in [7, 11) is 0. The van der Waals surface area contributed by atoms with Crippen molar-refractivity contribution in [2.75, 3.05) is 31.2 Å². The zero-order chi connectivity index (χ0) is 23.3. The zero-order valence-corrected chi connectivity index (χ0v) is 20.3. The second kappa shape index (κ2) is 10.6. The average Bonchev–Trinajstić information content (AvgIpc) is 3.27. The molecule has 3 aromatic rings. The Labute approximate surface area is 204 Å². The minimum Gasteiger partial charge on any atom is -0.378 e. The van der Waals surface area contributed by atoms with Crippen LogP contribution < -0.4 is 10.2 Å². The van der Waals surface area contributed by atoms with Gasteiger partial charge >= 0.3 is 0 Å². The van der Waals surface area contributed by atoms with Gasteiger partial charge in [-0.2, -0.15) is 0 Å². The lowest BCUT2D eigenvalue weighted by atomic mass is 9.88. The van der Waals surface area contributed by atoms with Crippen LogP contribution in [0.3, 0.4) is 0 Å². The van der Waals surface area contributed by atoms with E-state index in [-0.39, 0.29) is 17.2 Å². The van der Waals surface area contributed by atoms with Crippen molar-refractivity contribution < 1.29 is 9.53 Å². The van der Waals surface area contributed by atoms with Crippen LogP contribution in [0, 0.1) is 0 Å². The summed E-state index contributed by atoms with van der Waals surface area (Å²) in [5.74, 6) is 0.873. The normalized spacial score (nSPS) is 18.9. The molecule has 1 fully saturated rings. The molecular formula is C26H31N5O2S. The van der Waals surface area contributed by atoms with Gasteiger partial charge in [-0.3, -0.25) is 9.36 Å². The summed E-state index contributed by atoms with van der Waals surface area (Å²) < 4.78 is 7.65. The van der Waals surface area contributed by atoms with Gasteiger partial charge in [-0.1, -0.05) is 66.4 Å². The second-order valence-electron chi connectivity index (χ2n) is 8.87. The van der Waals surface area contributed by atoms with Gasteiger partial charge in [-0.05, 0) is 42.9 Å². The molecule has 34 heavy (non-hydrogen) atoms. The number of morpholine rings is 1. The van der Waals surface area contributed by atoms with Crippen LogP contribution in [-0.4, -0.2) is 52.2 Å². The van der Waals surface area contributed by atoms with Crippen LogP contribution in [0.2, 0.25) is 0 Å². The third kappa shape index (κ3) is 5.13. The third-order valence-corrected chi connectivity index (χ3v) is 7.59. The molecule has 0 radical (unpaired) electrons. The largest absolute Gasteiger partial charge is 0.378 e. The van der Waals surface area contributed by atoms with Gasteiger partial charge in [0.05, 0.1) is 31.1 Å². The summed E-state index contributed by atoms with van der Waals surface area (Å²) in [6.45, 7) is 5.55. The van der Waals surface area contributed by atoms with E-state index in [9.17, 15) is 4.79 Å². The lowest BCUT2D eigenvalue weighted by Gasteiger charge is -2.28. The van der Waals surface area contributed by atoms with Crippen LogP contribution in [0.4, 0.5) is 5.95 Å². The number of thioether (sulfide) groups is 1. The van der Waals surface area contributed by atoms with Crippen molar-refractivity contribution in [1.82, 2.24) is 20.1 Å². The van der Waals surface area contributed by atoms with Crippen LogP contribution >= 0.6 is 11.8 Å². The number of carbonyl (C=O) groups excluding carboxylic acids is 1. The summed E-state index contributed by atoms with van der Waals surface area (Å²) in [6.07, 6.45) is 3.16. The summed E-state index contributed by atoms with van der Waals surface area (Å²) >= 11 is 1.47.